The maximum atomic E-state index is 13.7. The molecule has 0 bridgehead atoms. The van der Waals surface area contributed by atoms with Crippen LogP contribution in [0.1, 0.15) is 50.8 Å². The Morgan fingerprint density at radius 3 is 2.42 bits per heavy atom. The Kier molecular flexibility index (Phi) is 4.14. The summed E-state index contributed by atoms with van der Waals surface area (Å²) >= 11 is 0. The fourth-order valence-electron chi connectivity index (χ4n) is 2.43. The van der Waals surface area contributed by atoms with E-state index in [0.29, 0.717) is 17.2 Å². The van der Waals surface area contributed by atoms with Crippen LogP contribution in [0.2, 0.25) is 0 Å². The van der Waals surface area contributed by atoms with Crippen molar-refractivity contribution >= 4 is 5.69 Å². The topological polar surface area (TPSA) is 23.5 Å². The summed E-state index contributed by atoms with van der Waals surface area (Å²) in [5.41, 5.74) is 2.31. The summed E-state index contributed by atoms with van der Waals surface area (Å²) in [7, 11) is 0. The van der Waals surface area contributed by atoms with Crippen molar-refractivity contribution in [3.8, 4) is 0 Å². The van der Waals surface area contributed by atoms with Crippen LogP contribution in [0.5, 0.6) is 0 Å². The summed E-state index contributed by atoms with van der Waals surface area (Å²) in [6.07, 6.45) is 1.92. The Bertz CT molecular complexity index is 452. The summed E-state index contributed by atoms with van der Waals surface area (Å²) in [6.45, 7) is 8.77. The van der Waals surface area contributed by atoms with Crippen molar-refractivity contribution in [1.82, 2.24) is 0 Å². The lowest BCUT2D eigenvalue weighted by atomic mass is 10.0. The maximum Gasteiger partial charge on any atom is 0.126 e. The standard InChI is InChI=1S/C16H24FNO/c1-10(2)18(9-13-5-6-13)16-7-11(3)15(17)8-14(16)12(4)19/h7-8,10,12-13,19H,5-6,9H2,1-4H3/t12-/m1/s1. The van der Waals surface area contributed by atoms with Gasteiger partial charge in [-0.15, -0.1) is 0 Å². The van der Waals surface area contributed by atoms with Gasteiger partial charge in [0, 0.05) is 23.8 Å². The summed E-state index contributed by atoms with van der Waals surface area (Å²) in [4.78, 5) is 2.30. The van der Waals surface area contributed by atoms with Crippen molar-refractivity contribution in [3.05, 3.63) is 29.1 Å². The minimum Gasteiger partial charge on any atom is -0.389 e. The van der Waals surface area contributed by atoms with E-state index >= 15 is 0 Å². The highest BCUT2D eigenvalue weighted by molar-refractivity contribution is 5.57. The molecule has 1 aromatic carbocycles. The molecule has 0 spiro atoms. The van der Waals surface area contributed by atoms with Gasteiger partial charge in [0.2, 0.25) is 0 Å². The molecular weight excluding hydrogens is 241 g/mol. The molecule has 0 heterocycles. The number of hydrogen-bond donors (Lipinski definition) is 1. The lowest BCUT2D eigenvalue weighted by molar-refractivity contribution is 0.199. The quantitative estimate of drug-likeness (QED) is 0.875. The first-order chi connectivity index (χ1) is 8.90. The first-order valence-electron chi connectivity index (χ1n) is 7.15. The minimum atomic E-state index is -0.648. The lowest BCUT2D eigenvalue weighted by Crippen LogP contribution is -2.34. The van der Waals surface area contributed by atoms with E-state index in [0.717, 1.165) is 18.2 Å². The molecule has 2 nitrogen and oxygen atoms in total. The van der Waals surface area contributed by atoms with E-state index in [1.807, 2.05) is 6.07 Å². The molecule has 0 saturated heterocycles. The van der Waals surface area contributed by atoms with Crippen LogP contribution in [0.4, 0.5) is 10.1 Å². The third kappa shape index (κ3) is 3.27. The lowest BCUT2D eigenvalue weighted by Gasteiger charge is -2.32. The fourth-order valence-corrected chi connectivity index (χ4v) is 2.43. The Morgan fingerprint density at radius 1 is 1.32 bits per heavy atom. The number of aliphatic hydroxyl groups is 1. The van der Waals surface area contributed by atoms with E-state index in [1.165, 1.54) is 18.9 Å². The molecule has 0 amide bonds. The zero-order chi connectivity index (χ0) is 14.2. The number of aryl methyl sites for hydroxylation is 1. The second-order valence-corrected chi connectivity index (χ2v) is 6.03. The van der Waals surface area contributed by atoms with Gasteiger partial charge in [0.1, 0.15) is 5.82 Å². The van der Waals surface area contributed by atoms with Gasteiger partial charge in [-0.3, -0.25) is 0 Å². The van der Waals surface area contributed by atoms with Crippen molar-refractivity contribution in [2.45, 2.75) is 52.7 Å². The first-order valence-corrected chi connectivity index (χ1v) is 7.15. The van der Waals surface area contributed by atoms with E-state index in [9.17, 15) is 9.50 Å². The number of rotatable bonds is 5. The van der Waals surface area contributed by atoms with Gasteiger partial charge < -0.3 is 10.0 Å². The predicted octanol–water partition coefficient (Wildman–Crippen LogP) is 3.81. The highest BCUT2D eigenvalue weighted by atomic mass is 19.1. The van der Waals surface area contributed by atoms with Gasteiger partial charge in [-0.05, 0) is 64.2 Å². The molecular formula is C16H24FNO. The van der Waals surface area contributed by atoms with Gasteiger partial charge in [-0.2, -0.15) is 0 Å². The molecule has 0 radical (unpaired) electrons. The third-order valence-electron chi connectivity index (χ3n) is 3.84. The molecule has 1 fully saturated rings. The summed E-state index contributed by atoms with van der Waals surface area (Å²) in [5.74, 6) is 0.518. The van der Waals surface area contributed by atoms with Crippen LogP contribution in [0, 0.1) is 18.7 Å². The zero-order valence-corrected chi connectivity index (χ0v) is 12.3. The molecule has 106 valence electrons. The molecule has 0 aromatic heterocycles. The van der Waals surface area contributed by atoms with E-state index in [1.54, 1.807) is 13.8 Å². The number of hydrogen-bond acceptors (Lipinski definition) is 2. The van der Waals surface area contributed by atoms with Crippen LogP contribution in [-0.2, 0) is 0 Å². The van der Waals surface area contributed by atoms with Crippen molar-refractivity contribution in [3.63, 3.8) is 0 Å². The minimum absolute atomic E-state index is 0.241. The molecule has 19 heavy (non-hydrogen) atoms. The second-order valence-electron chi connectivity index (χ2n) is 6.03. The summed E-state index contributed by atoms with van der Waals surface area (Å²) in [5, 5.41) is 9.91. The molecule has 1 aliphatic carbocycles. The molecule has 1 saturated carbocycles. The number of benzene rings is 1. The highest BCUT2D eigenvalue weighted by Gasteiger charge is 2.27. The largest absolute Gasteiger partial charge is 0.389 e. The van der Waals surface area contributed by atoms with E-state index in [-0.39, 0.29) is 5.82 Å². The van der Waals surface area contributed by atoms with Crippen LogP contribution in [0.3, 0.4) is 0 Å². The zero-order valence-electron chi connectivity index (χ0n) is 12.3. The van der Waals surface area contributed by atoms with Gasteiger partial charge >= 0.3 is 0 Å². The molecule has 1 aliphatic rings. The highest BCUT2D eigenvalue weighted by Crippen LogP contribution is 2.36. The predicted molar refractivity (Wildman–Crippen MR) is 77.0 cm³/mol. The van der Waals surface area contributed by atoms with Crippen molar-refractivity contribution in [2.75, 3.05) is 11.4 Å². The van der Waals surface area contributed by atoms with Crippen LogP contribution < -0.4 is 4.90 Å². The average Bonchev–Trinajstić information content (AvgIpc) is 3.12. The summed E-state index contributed by atoms with van der Waals surface area (Å²) < 4.78 is 13.7. The van der Waals surface area contributed by atoms with E-state index in [4.69, 9.17) is 0 Å². The van der Waals surface area contributed by atoms with Gasteiger partial charge in [-0.25, -0.2) is 4.39 Å². The smallest absolute Gasteiger partial charge is 0.126 e. The molecule has 0 aliphatic heterocycles. The van der Waals surface area contributed by atoms with Crippen LogP contribution in [0.25, 0.3) is 0 Å². The van der Waals surface area contributed by atoms with Crippen LogP contribution >= 0.6 is 0 Å². The number of anilines is 1. The van der Waals surface area contributed by atoms with Crippen LogP contribution in [-0.4, -0.2) is 17.7 Å². The Hall–Kier alpha value is -1.09. The maximum absolute atomic E-state index is 13.7. The van der Waals surface area contributed by atoms with Crippen molar-refractivity contribution in [1.29, 1.82) is 0 Å². The number of aliphatic hydroxyl groups excluding tert-OH is 1. The molecule has 2 rings (SSSR count). The Morgan fingerprint density at radius 2 is 1.95 bits per heavy atom. The molecule has 0 unspecified atom stereocenters. The van der Waals surface area contributed by atoms with Gasteiger partial charge in [-0.1, -0.05) is 0 Å². The average molecular weight is 265 g/mol. The van der Waals surface area contributed by atoms with E-state index in [2.05, 4.69) is 18.7 Å². The van der Waals surface area contributed by atoms with Gasteiger partial charge in [0.25, 0.3) is 0 Å². The van der Waals surface area contributed by atoms with E-state index < -0.39 is 6.10 Å². The monoisotopic (exact) mass is 265 g/mol. The Balaban J connectivity index is 2.41. The Labute approximate surface area is 115 Å². The number of nitrogens with zero attached hydrogens (tertiary/aromatic N) is 1. The second kappa shape index (κ2) is 5.49. The molecule has 1 N–H and O–H groups in total. The molecule has 1 aromatic rings. The SMILES string of the molecule is Cc1cc(N(CC2CC2)C(C)C)c([C@@H](C)O)cc1F. The third-order valence-corrected chi connectivity index (χ3v) is 3.84. The molecule has 3 heteroatoms. The van der Waals surface area contributed by atoms with Gasteiger partial charge in [0.05, 0.1) is 6.10 Å². The van der Waals surface area contributed by atoms with Crippen LogP contribution in [0.15, 0.2) is 12.1 Å². The van der Waals surface area contributed by atoms with Crippen molar-refractivity contribution in [2.24, 2.45) is 5.92 Å². The van der Waals surface area contributed by atoms with Gasteiger partial charge in [0.15, 0.2) is 0 Å². The molecule has 1 atom stereocenters. The normalized spacial score (nSPS) is 16.8. The van der Waals surface area contributed by atoms with Crippen molar-refractivity contribution < 1.29 is 9.50 Å². The number of halogens is 1. The fraction of sp³-hybridized carbons (Fsp3) is 0.625. The first kappa shape index (κ1) is 14.3. The summed E-state index contributed by atoms with van der Waals surface area (Å²) in [6, 6.07) is 3.71.